The van der Waals surface area contributed by atoms with E-state index in [1.54, 1.807) is 12.1 Å². The lowest BCUT2D eigenvalue weighted by Crippen LogP contribution is -2.14. The SMILES string of the molecule is O=C1Cc2cc(NC(=O)c3cccnc3F)c(Cl)cc2N1. The Morgan fingerprint density at radius 3 is 3.00 bits per heavy atom. The predicted octanol–water partition coefficient (Wildman–Crippen LogP) is 2.62. The van der Waals surface area contributed by atoms with E-state index < -0.39 is 11.9 Å². The summed E-state index contributed by atoms with van der Waals surface area (Å²) >= 11 is 6.05. The third-order valence-electron chi connectivity index (χ3n) is 3.07. The predicted molar refractivity (Wildman–Crippen MR) is 75.9 cm³/mol. The van der Waals surface area contributed by atoms with Crippen LogP contribution in [0.15, 0.2) is 30.5 Å². The lowest BCUT2D eigenvalue weighted by molar-refractivity contribution is -0.115. The highest BCUT2D eigenvalue weighted by atomic mass is 35.5. The van der Waals surface area contributed by atoms with Gasteiger partial charge in [-0.15, -0.1) is 0 Å². The van der Waals surface area contributed by atoms with Crippen LogP contribution in [0.3, 0.4) is 0 Å². The number of rotatable bonds is 2. The van der Waals surface area contributed by atoms with Crippen molar-refractivity contribution in [1.82, 2.24) is 4.98 Å². The lowest BCUT2D eigenvalue weighted by atomic mass is 10.1. The average molecular weight is 306 g/mol. The van der Waals surface area contributed by atoms with Crippen LogP contribution in [0.5, 0.6) is 0 Å². The number of anilines is 2. The molecule has 0 bridgehead atoms. The fourth-order valence-electron chi connectivity index (χ4n) is 2.09. The van der Waals surface area contributed by atoms with Crippen molar-refractivity contribution in [2.24, 2.45) is 0 Å². The molecule has 1 aliphatic rings. The topological polar surface area (TPSA) is 71.1 Å². The molecule has 3 rings (SSSR count). The molecule has 1 aliphatic heterocycles. The van der Waals surface area contributed by atoms with Crippen LogP contribution in [0.2, 0.25) is 5.02 Å². The molecule has 21 heavy (non-hydrogen) atoms. The molecule has 2 N–H and O–H groups in total. The average Bonchev–Trinajstić information content (AvgIpc) is 2.78. The van der Waals surface area contributed by atoms with Crippen molar-refractivity contribution in [2.45, 2.75) is 6.42 Å². The summed E-state index contributed by atoms with van der Waals surface area (Å²) in [6.45, 7) is 0. The van der Waals surface area contributed by atoms with E-state index in [1.807, 2.05) is 0 Å². The first-order chi connectivity index (χ1) is 10.0. The maximum Gasteiger partial charge on any atom is 0.260 e. The van der Waals surface area contributed by atoms with Crippen LogP contribution >= 0.6 is 11.6 Å². The monoisotopic (exact) mass is 305 g/mol. The molecular formula is C14H9ClFN3O2. The first-order valence-electron chi connectivity index (χ1n) is 6.09. The van der Waals surface area contributed by atoms with Gasteiger partial charge < -0.3 is 10.6 Å². The fourth-order valence-corrected chi connectivity index (χ4v) is 2.30. The van der Waals surface area contributed by atoms with Gasteiger partial charge in [0.15, 0.2) is 0 Å². The van der Waals surface area contributed by atoms with E-state index in [0.29, 0.717) is 11.4 Å². The van der Waals surface area contributed by atoms with Crippen molar-refractivity contribution in [3.63, 3.8) is 0 Å². The van der Waals surface area contributed by atoms with Gasteiger partial charge in [-0.3, -0.25) is 9.59 Å². The van der Waals surface area contributed by atoms with Gasteiger partial charge in [-0.25, -0.2) is 4.98 Å². The normalized spacial score (nSPS) is 12.8. The number of fused-ring (bicyclic) bond motifs is 1. The highest BCUT2D eigenvalue weighted by molar-refractivity contribution is 6.34. The molecule has 7 heteroatoms. The summed E-state index contributed by atoms with van der Waals surface area (Å²) in [5.74, 6) is -1.65. The summed E-state index contributed by atoms with van der Waals surface area (Å²) in [7, 11) is 0. The van der Waals surface area contributed by atoms with E-state index >= 15 is 0 Å². The Morgan fingerprint density at radius 2 is 2.24 bits per heavy atom. The van der Waals surface area contributed by atoms with Crippen LogP contribution in [-0.2, 0) is 11.2 Å². The number of nitrogens with zero attached hydrogens (tertiary/aromatic N) is 1. The molecule has 0 fully saturated rings. The van der Waals surface area contributed by atoms with E-state index in [2.05, 4.69) is 15.6 Å². The maximum atomic E-state index is 13.5. The second-order valence-corrected chi connectivity index (χ2v) is 4.92. The van der Waals surface area contributed by atoms with E-state index in [0.717, 1.165) is 5.56 Å². The second kappa shape index (κ2) is 5.14. The first-order valence-corrected chi connectivity index (χ1v) is 6.46. The number of hydrogen-bond acceptors (Lipinski definition) is 3. The molecule has 0 aliphatic carbocycles. The molecule has 1 aromatic carbocycles. The van der Waals surface area contributed by atoms with Gasteiger partial charge in [0.1, 0.15) is 0 Å². The Kier molecular flexibility index (Phi) is 3.31. The van der Waals surface area contributed by atoms with E-state index in [4.69, 9.17) is 11.6 Å². The standard InChI is InChI=1S/C14H9ClFN3O2/c15-9-6-10-7(5-12(20)18-10)4-11(9)19-14(21)8-2-1-3-17-13(8)16/h1-4,6H,5H2,(H,18,20)(H,19,21). The Bertz CT molecular complexity index is 764. The number of pyridine rings is 1. The number of benzene rings is 1. The summed E-state index contributed by atoms with van der Waals surface area (Å²) in [5, 5.41) is 5.43. The van der Waals surface area contributed by atoms with Crippen molar-refractivity contribution in [2.75, 3.05) is 10.6 Å². The molecule has 106 valence electrons. The van der Waals surface area contributed by atoms with Crippen LogP contribution < -0.4 is 10.6 Å². The molecule has 2 heterocycles. The molecule has 0 radical (unpaired) electrons. The number of halogens is 2. The quantitative estimate of drug-likeness (QED) is 0.838. The first kappa shape index (κ1) is 13.5. The number of hydrogen-bond donors (Lipinski definition) is 2. The summed E-state index contributed by atoms with van der Waals surface area (Å²) < 4.78 is 13.5. The highest BCUT2D eigenvalue weighted by Crippen LogP contribution is 2.33. The number of carbonyl (C=O) groups is 2. The number of carbonyl (C=O) groups excluding carboxylic acids is 2. The van der Waals surface area contributed by atoms with Gasteiger partial charge in [0.2, 0.25) is 11.9 Å². The van der Waals surface area contributed by atoms with Gasteiger partial charge >= 0.3 is 0 Å². The highest BCUT2D eigenvalue weighted by Gasteiger charge is 2.21. The van der Waals surface area contributed by atoms with Crippen LogP contribution in [0, 0.1) is 5.95 Å². The molecule has 5 nitrogen and oxygen atoms in total. The zero-order valence-corrected chi connectivity index (χ0v) is 11.4. The molecule has 2 amide bonds. The molecule has 0 saturated carbocycles. The summed E-state index contributed by atoms with van der Waals surface area (Å²) in [6, 6.07) is 5.94. The maximum absolute atomic E-state index is 13.5. The minimum atomic E-state index is -0.857. The van der Waals surface area contributed by atoms with Crippen molar-refractivity contribution in [3.8, 4) is 0 Å². The Labute approximate surface area is 124 Å². The van der Waals surface area contributed by atoms with Crippen molar-refractivity contribution >= 4 is 34.8 Å². The Morgan fingerprint density at radius 1 is 1.43 bits per heavy atom. The Balaban J connectivity index is 1.89. The fraction of sp³-hybridized carbons (Fsp3) is 0.0714. The van der Waals surface area contributed by atoms with Crippen LogP contribution in [0.4, 0.5) is 15.8 Å². The number of amides is 2. The van der Waals surface area contributed by atoms with Gasteiger partial charge in [-0.1, -0.05) is 11.6 Å². The van der Waals surface area contributed by atoms with Gasteiger partial charge in [0.25, 0.3) is 5.91 Å². The van der Waals surface area contributed by atoms with Crippen molar-refractivity contribution in [1.29, 1.82) is 0 Å². The Hall–Kier alpha value is -2.47. The largest absolute Gasteiger partial charge is 0.325 e. The molecule has 0 spiro atoms. The van der Waals surface area contributed by atoms with Crippen LogP contribution in [-0.4, -0.2) is 16.8 Å². The number of aromatic nitrogens is 1. The minimum Gasteiger partial charge on any atom is -0.325 e. The lowest BCUT2D eigenvalue weighted by Gasteiger charge is -2.09. The van der Waals surface area contributed by atoms with Gasteiger partial charge in [0, 0.05) is 11.9 Å². The van der Waals surface area contributed by atoms with Crippen molar-refractivity contribution < 1.29 is 14.0 Å². The molecule has 0 unspecified atom stereocenters. The molecule has 0 saturated heterocycles. The van der Waals surface area contributed by atoms with E-state index in [1.165, 1.54) is 18.3 Å². The van der Waals surface area contributed by atoms with E-state index in [9.17, 15) is 14.0 Å². The van der Waals surface area contributed by atoms with Gasteiger partial charge in [-0.05, 0) is 29.8 Å². The van der Waals surface area contributed by atoms with Gasteiger partial charge in [0.05, 0.1) is 22.7 Å². The van der Waals surface area contributed by atoms with Gasteiger partial charge in [-0.2, -0.15) is 4.39 Å². The minimum absolute atomic E-state index is 0.136. The third kappa shape index (κ3) is 2.57. The van der Waals surface area contributed by atoms with Crippen molar-refractivity contribution in [3.05, 3.63) is 52.6 Å². The molecule has 2 aromatic rings. The molecule has 1 aromatic heterocycles. The van der Waals surface area contributed by atoms with Crippen LogP contribution in [0.25, 0.3) is 0 Å². The van der Waals surface area contributed by atoms with E-state index in [-0.39, 0.29) is 22.9 Å². The zero-order chi connectivity index (χ0) is 15.0. The summed E-state index contributed by atoms with van der Waals surface area (Å²) in [6.07, 6.45) is 1.47. The summed E-state index contributed by atoms with van der Waals surface area (Å²) in [5.41, 5.74) is 1.49. The molecule has 0 atom stereocenters. The third-order valence-corrected chi connectivity index (χ3v) is 3.38. The smallest absolute Gasteiger partial charge is 0.260 e. The zero-order valence-electron chi connectivity index (χ0n) is 10.6. The molecular weight excluding hydrogens is 297 g/mol. The second-order valence-electron chi connectivity index (χ2n) is 4.51. The van der Waals surface area contributed by atoms with Crippen LogP contribution in [0.1, 0.15) is 15.9 Å². The summed E-state index contributed by atoms with van der Waals surface area (Å²) in [4.78, 5) is 26.7. The number of nitrogens with one attached hydrogen (secondary N) is 2.